The monoisotopic (exact) mass is 227 g/mol. The Bertz CT molecular complexity index is 525. The Morgan fingerprint density at radius 2 is 2.00 bits per heavy atom. The highest BCUT2D eigenvalue weighted by Crippen LogP contribution is 2.29. The molecule has 0 spiro atoms. The molecule has 1 aromatic carbocycles. The maximum Gasteiger partial charge on any atom is 0.203 e. The molecule has 3 nitrogen and oxygen atoms in total. The van der Waals surface area contributed by atoms with Crippen LogP contribution in [0.4, 0.5) is 5.95 Å². The number of imidazole rings is 1. The predicted molar refractivity (Wildman–Crippen MR) is 69.4 cm³/mol. The van der Waals surface area contributed by atoms with E-state index < -0.39 is 0 Å². The number of rotatable bonds is 1. The molecular formula is C14H17N3. The molecule has 1 N–H and O–H groups in total. The quantitative estimate of drug-likeness (QED) is 0.811. The van der Waals surface area contributed by atoms with Gasteiger partial charge < -0.3 is 9.88 Å². The fourth-order valence-corrected chi connectivity index (χ4v) is 2.46. The van der Waals surface area contributed by atoms with Crippen molar-refractivity contribution in [3.05, 3.63) is 47.3 Å². The molecule has 1 aliphatic heterocycles. The van der Waals surface area contributed by atoms with E-state index >= 15 is 0 Å². The van der Waals surface area contributed by atoms with Gasteiger partial charge in [-0.1, -0.05) is 29.8 Å². The van der Waals surface area contributed by atoms with E-state index in [1.807, 2.05) is 6.92 Å². The molecule has 0 bridgehead atoms. The third-order valence-corrected chi connectivity index (χ3v) is 3.35. The van der Waals surface area contributed by atoms with E-state index in [0.717, 1.165) is 24.6 Å². The zero-order chi connectivity index (χ0) is 11.8. The molecule has 2 heterocycles. The van der Waals surface area contributed by atoms with Gasteiger partial charge in [-0.2, -0.15) is 0 Å². The summed E-state index contributed by atoms with van der Waals surface area (Å²) in [6.07, 6.45) is 3.25. The lowest BCUT2D eigenvalue weighted by Crippen LogP contribution is -2.23. The molecule has 1 aliphatic rings. The van der Waals surface area contributed by atoms with Gasteiger partial charge in [-0.25, -0.2) is 4.98 Å². The van der Waals surface area contributed by atoms with Crippen LogP contribution in [0, 0.1) is 13.8 Å². The molecule has 2 aromatic rings. The van der Waals surface area contributed by atoms with Crippen molar-refractivity contribution < 1.29 is 0 Å². The number of hydrogen-bond donors (Lipinski definition) is 1. The van der Waals surface area contributed by atoms with Crippen molar-refractivity contribution in [1.82, 2.24) is 9.55 Å². The van der Waals surface area contributed by atoms with Crippen LogP contribution >= 0.6 is 0 Å². The average Bonchev–Trinajstić information content (AvgIpc) is 2.70. The van der Waals surface area contributed by atoms with Crippen molar-refractivity contribution in [3.63, 3.8) is 0 Å². The predicted octanol–water partition coefficient (Wildman–Crippen LogP) is 2.90. The number of aromatic nitrogens is 2. The number of aryl methyl sites for hydroxylation is 2. The second-order valence-corrected chi connectivity index (χ2v) is 4.76. The van der Waals surface area contributed by atoms with E-state index in [2.05, 4.69) is 52.3 Å². The third kappa shape index (κ3) is 1.82. The zero-order valence-corrected chi connectivity index (χ0v) is 10.3. The second kappa shape index (κ2) is 3.91. The number of anilines is 1. The number of hydrogen-bond acceptors (Lipinski definition) is 2. The van der Waals surface area contributed by atoms with Crippen molar-refractivity contribution in [1.29, 1.82) is 0 Å². The first-order valence-corrected chi connectivity index (χ1v) is 6.10. The zero-order valence-electron chi connectivity index (χ0n) is 10.3. The highest BCUT2D eigenvalue weighted by atomic mass is 15.2. The van der Waals surface area contributed by atoms with Gasteiger partial charge in [0, 0.05) is 12.7 Å². The van der Waals surface area contributed by atoms with Gasteiger partial charge in [0.1, 0.15) is 0 Å². The maximum absolute atomic E-state index is 4.50. The number of nitrogens with zero attached hydrogens (tertiary/aromatic N) is 2. The summed E-state index contributed by atoms with van der Waals surface area (Å²) in [6.45, 7) is 5.16. The van der Waals surface area contributed by atoms with Crippen molar-refractivity contribution in [3.8, 4) is 0 Å². The van der Waals surface area contributed by atoms with Gasteiger partial charge in [-0.15, -0.1) is 0 Å². The number of nitrogens with one attached hydrogen (secondary N) is 1. The Labute approximate surface area is 101 Å². The van der Waals surface area contributed by atoms with Crippen LogP contribution in [0.25, 0.3) is 0 Å². The van der Waals surface area contributed by atoms with Crippen LogP contribution in [0.5, 0.6) is 0 Å². The highest BCUT2D eigenvalue weighted by Gasteiger charge is 2.21. The first-order valence-electron chi connectivity index (χ1n) is 6.10. The molecular weight excluding hydrogens is 210 g/mol. The summed E-state index contributed by atoms with van der Waals surface area (Å²) < 4.78 is 2.25. The Kier molecular flexibility index (Phi) is 2.39. The number of benzene rings is 1. The van der Waals surface area contributed by atoms with Crippen molar-refractivity contribution >= 4 is 5.95 Å². The summed E-state index contributed by atoms with van der Waals surface area (Å²) >= 11 is 0. The van der Waals surface area contributed by atoms with E-state index in [1.54, 1.807) is 0 Å². The summed E-state index contributed by atoms with van der Waals surface area (Å²) in [5.41, 5.74) is 3.76. The molecule has 0 fully saturated rings. The van der Waals surface area contributed by atoms with Crippen LogP contribution in [0.3, 0.4) is 0 Å². The van der Waals surface area contributed by atoms with E-state index in [-0.39, 0.29) is 0 Å². The van der Waals surface area contributed by atoms with Crippen LogP contribution in [0.2, 0.25) is 0 Å². The van der Waals surface area contributed by atoms with Gasteiger partial charge in [0.2, 0.25) is 5.95 Å². The van der Waals surface area contributed by atoms with Crippen LogP contribution < -0.4 is 5.32 Å². The lowest BCUT2D eigenvalue weighted by molar-refractivity contribution is 0.530. The second-order valence-electron chi connectivity index (χ2n) is 4.76. The SMILES string of the molecule is Cc1ccc(C2CCNc3nc(C)cn32)cc1. The molecule has 1 atom stereocenters. The third-order valence-electron chi connectivity index (χ3n) is 3.35. The van der Waals surface area contributed by atoms with Crippen molar-refractivity contribution in [2.45, 2.75) is 26.3 Å². The molecule has 0 saturated heterocycles. The van der Waals surface area contributed by atoms with Gasteiger partial charge in [-0.05, 0) is 25.8 Å². The molecule has 3 heteroatoms. The standard InChI is InChI=1S/C14H17N3/c1-10-3-5-12(6-4-10)13-7-8-15-14-16-11(2)9-17(13)14/h3-6,9,13H,7-8H2,1-2H3,(H,15,16). The minimum Gasteiger partial charge on any atom is -0.356 e. The molecule has 0 amide bonds. The lowest BCUT2D eigenvalue weighted by Gasteiger charge is -2.26. The molecule has 1 unspecified atom stereocenters. The molecule has 0 saturated carbocycles. The van der Waals surface area contributed by atoms with Gasteiger partial charge in [0.25, 0.3) is 0 Å². The summed E-state index contributed by atoms with van der Waals surface area (Å²) in [4.78, 5) is 4.50. The highest BCUT2D eigenvalue weighted by molar-refractivity contribution is 5.36. The average molecular weight is 227 g/mol. The summed E-state index contributed by atoms with van der Waals surface area (Å²) in [5.74, 6) is 0.999. The first kappa shape index (κ1) is 10.4. The topological polar surface area (TPSA) is 29.9 Å². The molecule has 0 radical (unpaired) electrons. The maximum atomic E-state index is 4.50. The Morgan fingerprint density at radius 1 is 1.24 bits per heavy atom. The summed E-state index contributed by atoms with van der Waals surface area (Å²) in [6, 6.07) is 9.24. The van der Waals surface area contributed by atoms with Crippen LogP contribution in [0.1, 0.15) is 29.3 Å². The Balaban J connectivity index is 2.02. The fraction of sp³-hybridized carbons (Fsp3) is 0.357. The molecule has 17 heavy (non-hydrogen) atoms. The van der Waals surface area contributed by atoms with E-state index in [4.69, 9.17) is 0 Å². The van der Waals surface area contributed by atoms with Crippen molar-refractivity contribution in [2.75, 3.05) is 11.9 Å². The van der Waals surface area contributed by atoms with Gasteiger partial charge in [0.15, 0.2) is 0 Å². The smallest absolute Gasteiger partial charge is 0.203 e. The number of fused-ring (bicyclic) bond motifs is 1. The van der Waals surface area contributed by atoms with Gasteiger partial charge in [-0.3, -0.25) is 0 Å². The van der Waals surface area contributed by atoms with Gasteiger partial charge >= 0.3 is 0 Å². The lowest BCUT2D eigenvalue weighted by atomic mass is 10.0. The summed E-state index contributed by atoms with van der Waals surface area (Å²) in [5, 5.41) is 3.35. The molecule has 0 aliphatic carbocycles. The van der Waals surface area contributed by atoms with Crippen LogP contribution in [-0.2, 0) is 0 Å². The molecule has 88 valence electrons. The van der Waals surface area contributed by atoms with Crippen LogP contribution in [0.15, 0.2) is 30.5 Å². The van der Waals surface area contributed by atoms with E-state index in [1.165, 1.54) is 11.1 Å². The largest absolute Gasteiger partial charge is 0.356 e. The van der Waals surface area contributed by atoms with Crippen LogP contribution in [-0.4, -0.2) is 16.1 Å². The normalized spacial score (nSPS) is 18.6. The summed E-state index contributed by atoms with van der Waals surface area (Å²) in [7, 11) is 0. The minimum absolute atomic E-state index is 0.424. The van der Waals surface area contributed by atoms with E-state index in [0.29, 0.717) is 6.04 Å². The van der Waals surface area contributed by atoms with E-state index in [9.17, 15) is 0 Å². The Hall–Kier alpha value is -1.77. The van der Waals surface area contributed by atoms with Gasteiger partial charge in [0.05, 0.1) is 11.7 Å². The Morgan fingerprint density at radius 3 is 2.76 bits per heavy atom. The van der Waals surface area contributed by atoms with Crippen molar-refractivity contribution in [2.24, 2.45) is 0 Å². The fourth-order valence-electron chi connectivity index (χ4n) is 2.46. The molecule has 3 rings (SSSR count). The minimum atomic E-state index is 0.424. The first-order chi connectivity index (χ1) is 8.24. The molecule has 1 aromatic heterocycles.